The number of esters is 4. The standard InChI is InChI=1S/C21H20O7/c22-15-11-7-3-9(13(11)17(24)27-15)20(5-7)1-2-21(19(20)26)6-8-4-10(21)14-12(8)16(23)28-18(14)25/h7-14H,1-6H2/t7-,8?,9?,10-,11-,12?,13+,14+,20-,21-/m1/s1. The molecule has 0 aromatic rings. The first-order chi connectivity index (χ1) is 13.4. The van der Waals surface area contributed by atoms with Crippen molar-refractivity contribution < 1.29 is 33.4 Å². The summed E-state index contributed by atoms with van der Waals surface area (Å²) in [6.07, 6.45) is 4.27. The lowest BCUT2D eigenvalue weighted by atomic mass is 9.58. The molecule has 0 aromatic carbocycles. The van der Waals surface area contributed by atoms with Gasteiger partial charge in [-0.3, -0.25) is 24.0 Å². The van der Waals surface area contributed by atoms with Crippen LogP contribution in [-0.2, 0) is 33.4 Å². The molecule has 146 valence electrons. The molecule has 2 aliphatic heterocycles. The van der Waals surface area contributed by atoms with Gasteiger partial charge in [0.05, 0.1) is 23.7 Å². The maximum absolute atomic E-state index is 14.0. The minimum atomic E-state index is -0.554. The molecule has 7 heteroatoms. The Morgan fingerprint density at radius 3 is 1.43 bits per heavy atom. The quantitative estimate of drug-likeness (QED) is 0.454. The average molecular weight is 384 g/mol. The second kappa shape index (κ2) is 4.41. The zero-order chi connectivity index (χ0) is 19.2. The van der Waals surface area contributed by atoms with Gasteiger partial charge < -0.3 is 9.47 Å². The predicted molar refractivity (Wildman–Crippen MR) is 87.7 cm³/mol. The number of cyclic esters (lactones) is 4. The van der Waals surface area contributed by atoms with Crippen LogP contribution in [0.3, 0.4) is 0 Å². The van der Waals surface area contributed by atoms with E-state index in [-0.39, 0.29) is 41.3 Å². The zero-order valence-corrected chi connectivity index (χ0v) is 15.2. The molecule has 0 N–H and O–H groups in total. The van der Waals surface area contributed by atoms with E-state index in [9.17, 15) is 24.0 Å². The number of ether oxygens (including phenoxy) is 2. The molecule has 2 saturated heterocycles. The van der Waals surface area contributed by atoms with Crippen molar-refractivity contribution in [2.45, 2.75) is 38.5 Å². The minimum Gasteiger partial charge on any atom is -0.393 e. The van der Waals surface area contributed by atoms with Crippen molar-refractivity contribution in [3.05, 3.63) is 0 Å². The van der Waals surface area contributed by atoms with Gasteiger partial charge in [-0.1, -0.05) is 0 Å². The van der Waals surface area contributed by atoms with Crippen molar-refractivity contribution in [2.75, 3.05) is 0 Å². The highest BCUT2D eigenvalue weighted by Crippen LogP contribution is 2.75. The van der Waals surface area contributed by atoms with Crippen LogP contribution < -0.4 is 0 Å². The molecule has 28 heavy (non-hydrogen) atoms. The third-order valence-corrected chi connectivity index (χ3v) is 9.85. The van der Waals surface area contributed by atoms with E-state index in [1.54, 1.807) is 0 Å². The van der Waals surface area contributed by atoms with Gasteiger partial charge in [0.1, 0.15) is 5.78 Å². The molecule has 7 nitrogen and oxygen atoms in total. The fourth-order valence-electron chi connectivity index (χ4n) is 9.16. The minimum absolute atomic E-state index is 0.0532. The van der Waals surface area contributed by atoms with Crippen LogP contribution >= 0.6 is 0 Å². The third kappa shape index (κ3) is 1.40. The predicted octanol–water partition coefficient (Wildman–Crippen LogP) is 1.03. The van der Waals surface area contributed by atoms with Gasteiger partial charge in [0.15, 0.2) is 0 Å². The highest BCUT2D eigenvalue weighted by Gasteiger charge is 2.78. The Labute approximate surface area is 160 Å². The summed E-state index contributed by atoms with van der Waals surface area (Å²) in [4.78, 5) is 62.8. The molecule has 7 rings (SSSR count). The Morgan fingerprint density at radius 1 is 0.607 bits per heavy atom. The summed E-state index contributed by atoms with van der Waals surface area (Å²) in [7, 11) is 0. The fraction of sp³-hybridized carbons (Fsp3) is 0.762. The molecule has 5 aliphatic carbocycles. The zero-order valence-electron chi connectivity index (χ0n) is 15.2. The SMILES string of the molecule is O=C1OC(=O)[C@@H]2C1C1C[C@H]2[C@@]2(CC[C@]3(C[C@H]4CC3[C@@H]3C(=O)OC(=O)[C@H]43)C2=O)C1. The summed E-state index contributed by atoms with van der Waals surface area (Å²) in [6.45, 7) is 0. The van der Waals surface area contributed by atoms with Crippen molar-refractivity contribution >= 4 is 29.7 Å². The summed E-state index contributed by atoms with van der Waals surface area (Å²) < 4.78 is 9.82. The van der Waals surface area contributed by atoms with E-state index in [2.05, 4.69) is 0 Å². The summed E-state index contributed by atoms with van der Waals surface area (Å²) in [5.74, 6) is -3.28. The van der Waals surface area contributed by atoms with E-state index in [0.717, 1.165) is 25.7 Å². The first kappa shape index (κ1) is 15.8. The summed E-state index contributed by atoms with van der Waals surface area (Å²) in [5.41, 5.74) is -1.11. The first-order valence-electron chi connectivity index (χ1n) is 10.4. The van der Waals surface area contributed by atoms with Gasteiger partial charge in [-0.2, -0.15) is 0 Å². The largest absolute Gasteiger partial charge is 0.393 e. The van der Waals surface area contributed by atoms with Crippen LogP contribution in [-0.4, -0.2) is 29.7 Å². The molecule has 4 bridgehead atoms. The number of fused-ring (bicyclic) bond motifs is 12. The second-order valence-corrected chi connectivity index (χ2v) is 10.3. The molecule has 0 radical (unpaired) electrons. The molecular weight excluding hydrogens is 364 g/mol. The number of carbonyl (C=O) groups excluding carboxylic acids is 5. The normalized spacial score (nSPS) is 57.6. The number of Topliss-reactive ketones (excluding diaryl/α,β-unsaturated/α-hetero) is 1. The highest BCUT2D eigenvalue weighted by atomic mass is 16.6. The van der Waals surface area contributed by atoms with E-state index in [4.69, 9.17) is 9.47 Å². The van der Waals surface area contributed by atoms with Crippen LogP contribution in [0.2, 0.25) is 0 Å². The molecule has 5 saturated carbocycles. The van der Waals surface area contributed by atoms with E-state index in [0.29, 0.717) is 12.8 Å². The molecule has 7 fully saturated rings. The molecule has 0 amide bonds. The Balaban J connectivity index is 1.27. The summed E-state index contributed by atoms with van der Waals surface area (Å²) in [5, 5.41) is 0. The highest BCUT2D eigenvalue weighted by molar-refractivity contribution is 6.02. The van der Waals surface area contributed by atoms with Crippen molar-refractivity contribution in [1.29, 1.82) is 0 Å². The Morgan fingerprint density at radius 2 is 1.00 bits per heavy atom. The van der Waals surface area contributed by atoms with Gasteiger partial charge in [-0.05, 0) is 62.2 Å². The lowest BCUT2D eigenvalue weighted by Gasteiger charge is -2.41. The van der Waals surface area contributed by atoms with E-state index in [1.807, 2.05) is 0 Å². The van der Waals surface area contributed by atoms with Crippen LogP contribution in [0.1, 0.15) is 38.5 Å². The first-order valence-corrected chi connectivity index (χ1v) is 10.4. The van der Waals surface area contributed by atoms with Crippen LogP contribution in [0, 0.1) is 58.2 Å². The maximum Gasteiger partial charge on any atom is 0.317 e. The third-order valence-electron chi connectivity index (χ3n) is 9.85. The van der Waals surface area contributed by atoms with Crippen LogP contribution in [0.4, 0.5) is 0 Å². The van der Waals surface area contributed by atoms with Crippen LogP contribution in [0.15, 0.2) is 0 Å². The average Bonchev–Trinajstić information content (AvgIpc) is 3.46. The Kier molecular flexibility index (Phi) is 2.49. The van der Waals surface area contributed by atoms with Gasteiger partial charge in [0, 0.05) is 10.8 Å². The van der Waals surface area contributed by atoms with E-state index >= 15 is 0 Å². The Bertz CT molecular complexity index is 850. The molecule has 0 aromatic heterocycles. The number of hydrogen-bond donors (Lipinski definition) is 0. The smallest absolute Gasteiger partial charge is 0.317 e. The van der Waals surface area contributed by atoms with Gasteiger partial charge in [0.25, 0.3) is 0 Å². The number of carbonyl (C=O) groups is 5. The van der Waals surface area contributed by atoms with E-state index < -0.39 is 46.5 Å². The molecular formula is C21H20O7. The van der Waals surface area contributed by atoms with Gasteiger partial charge in [-0.25, -0.2) is 0 Å². The van der Waals surface area contributed by atoms with Crippen LogP contribution in [0.5, 0.6) is 0 Å². The van der Waals surface area contributed by atoms with Gasteiger partial charge in [0.2, 0.25) is 0 Å². The molecule has 10 atom stereocenters. The number of ketones is 1. The van der Waals surface area contributed by atoms with Crippen molar-refractivity contribution in [3.63, 3.8) is 0 Å². The summed E-state index contributed by atoms with van der Waals surface area (Å²) >= 11 is 0. The molecule has 7 aliphatic rings. The topological polar surface area (TPSA) is 104 Å². The Hall–Kier alpha value is -2.05. The monoisotopic (exact) mass is 384 g/mol. The van der Waals surface area contributed by atoms with Gasteiger partial charge in [-0.15, -0.1) is 0 Å². The maximum atomic E-state index is 14.0. The van der Waals surface area contributed by atoms with E-state index in [1.165, 1.54) is 0 Å². The van der Waals surface area contributed by atoms with Crippen molar-refractivity contribution in [1.82, 2.24) is 0 Å². The van der Waals surface area contributed by atoms with Crippen molar-refractivity contribution in [3.8, 4) is 0 Å². The lowest BCUT2D eigenvalue weighted by Crippen LogP contribution is -2.48. The lowest BCUT2D eigenvalue weighted by molar-refractivity contribution is -0.156. The fourth-order valence-corrected chi connectivity index (χ4v) is 9.16. The number of rotatable bonds is 0. The molecule has 2 spiro atoms. The van der Waals surface area contributed by atoms with Crippen molar-refractivity contribution in [2.24, 2.45) is 58.2 Å². The molecule has 2 heterocycles. The van der Waals surface area contributed by atoms with Crippen LogP contribution in [0.25, 0.3) is 0 Å². The second-order valence-electron chi connectivity index (χ2n) is 10.3. The molecule has 3 unspecified atom stereocenters. The number of hydrogen-bond acceptors (Lipinski definition) is 7. The van der Waals surface area contributed by atoms with Gasteiger partial charge >= 0.3 is 23.9 Å². The summed E-state index contributed by atoms with van der Waals surface area (Å²) in [6, 6.07) is 0.